The third-order valence-corrected chi connectivity index (χ3v) is 5.26. The van der Waals surface area contributed by atoms with Gasteiger partial charge in [-0.25, -0.2) is 18.1 Å². The fourth-order valence-electron chi connectivity index (χ4n) is 1.43. The van der Waals surface area contributed by atoms with Crippen LogP contribution in [0.4, 0.5) is 0 Å². The third-order valence-electron chi connectivity index (χ3n) is 2.30. The summed E-state index contributed by atoms with van der Waals surface area (Å²) in [5.74, 6) is 0. The van der Waals surface area contributed by atoms with Crippen molar-refractivity contribution in [3.63, 3.8) is 0 Å². The number of thiophene rings is 1. The van der Waals surface area contributed by atoms with Crippen LogP contribution in [-0.4, -0.2) is 19.9 Å². The molecular formula is C11H10Cl2N2O2S2. The fraction of sp³-hybridized carbons (Fsp3) is 0.182. The number of pyridine rings is 1. The van der Waals surface area contributed by atoms with E-state index in [2.05, 4.69) is 9.71 Å². The summed E-state index contributed by atoms with van der Waals surface area (Å²) in [5, 5.41) is 0.146. The number of hydrogen-bond acceptors (Lipinski definition) is 4. The van der Waals surface area contributed by atoms with Crippen molar-refractivity contribution in [3.8, 4) is 0 Å². The van der Waals surface area contributed by atoms with Gasteiger partial charge >= 0.3 is 0 Å². The Hall–Kier alpha value is -0.660. The third kappa shape index (κ3) is 4.15. The van der Waals surface area contributed by atoms with Gasteiger partial charge in [0.25, 0.3) is 0 Å². The number of rotatable bonds is 5. The lowest BCUT2D eigenvalue weighted by molar-refractivity contribution is 0.581. The number of nitrogens with zero attached hydrogens (tertiary/aromatic N) is 1. The first kappa shape index (κ1) is 14.7. The van der Waals surface area contributed by atoms with Crippen LogP contribution in [0.2, 0.25) is 9.49 Å². The number of sulfonamides is 1. The maximum Gasteiger partial charge on any atom is 0.240 e. The highest BCUT2D eigenvalue weighted by atomic mass is 35.5. The largest absolute Gasteiger partial charge is 0.244 e. The molecule has 1 N–H and O–H groups in total. The van der Waals surface area contributed by atoms with E-state index in [-0.39, 0.29) is 10.0 Å². The standard InChI is InChI=1S/C11H10Cl2N2O2S2/c12-10-7-9(4-5-14-10)19(16,17)15-6-3-8-1-2-11(13)18-8/h1-2,4-5,7,15H,3,6H2. The van der Waals surface area contributed by atoms with Crippen LogP contribution in [0.1, 0.15) is 4.88 Å². The summed E-state index contributed by atoms with van der Waals surface area (Å²) in [4.78, 5) is 4.88. The molecule has 2 aromatic heterocycles. The molecule has 0 aliphatic rings. The minimum absolute atomic E-state index is 0.108. The van der Waals surface area contributed by atoms with E-state index in [1.54, 1.807) is 6.07 Å². The van der Waals surface area contributed by atoms with Gasteiger partial charge in [-0.1, -0.05) is 23.2 Å². The van der Waals surface area contributed by atoms with E-state index < -0.39 is 10.0 Å². The molecule has 0 unspecified atom stereocenters. The molecule has 0 saturated heterocycles. The average molecular weight is 337 g/mol. The van der Waals surface area contributed by atoms with Gasteiger partial charge in [0, 0.05) is 17.6 Å². The van der Waals surface area contributed by atoms with Crippen LogP contribution in [0, 0.1) is 0 Å². The molecule has 0 radical (unpaired) electrons. The lowest BCUT2D eigenvalue weighted by Gasteiger charge is -2.05. The minimum Gasteiger partial charge on any atom is -0.244 e. The van der Waals surface area contributed by atoms with Gasteiger partial charge in [-0.15, -0.1) is 11.3 Å². The fourth-order valence-corrected chi connectivity index (χ4v) is 3.80. The van der Waals surface area contributed by atoms with Gasteiger partial charge in [0.15, 0.2) is 0 Å². The Balaban J connectivity index is 1.98. The lowest BCUT2D eigenvalue weighted by Crippen LogP contribution is -2.25. The van der Waals surface area contributed by atoms with Gasteiger partial charge in [0.05, 0.1) is 9.23 Å². The van der Waals surface area contributed by atoms with Crippen molar-refractivity contribution in [1.82, 2.24) is 9.71 Å². The monoisotopic (exact) mass is 336 g/mol. The predicted octanol–water partition coefficient (Wildman–Crippen LogP) is 2.97. The summed E-state index contributed by atoms with van der Waals surface area (Å²) in [6.45, 7) is 0.305. The van der Waals surface area contributed by atoms with Crippen LogP contribution in [-0.2, 0) is 16.4 Å². The van der Waals surface area contributed by atoms with E-state index in [1.165, 1.54) is 29.7 Å². The summed E-state index contributed by atoms with van der Waals surface area (Å²) >= 11 is 12.9. The Bertz CT molecular complexity index is 671. The first-order valence-electron chi connectivity index (χ1n) is 5.33. The molecule has 102 valence electrons. The zero-order valence-corrected chi connectivity index (χ0v) is 12.8. The maximum absolute atomic E-state index is 12.0. The number of nitrogens with one attached hydrogen (secondary N) is 1. The first-order valence-corrected chi connectivity index (χ1v) is 8.38. The molecule has 0 aliphatic carbocycles. The molecule has 2 rings (SSSR count). The molecule has 0 aromatic carbocycles. The quantitative estimate of drug-likeness (QED) is 0.854. The summed E-state index contributed by atoms with van der Waals surface area (Å²) in [7, 11) is -3.55. The lowest BCUT2D eigenvalue weighted by atomic mass is 10.3. The zero-order chi connectivity index (χ0) is 13.9. The zero-order valence-electron chi connectivity index (χ0n) is 9.64. The van der Waals surface area contributed by atoms with E-state index in [1.807, 2.05) is 6.07 Å². The van der Waals surface area contributed by atoms with Crippen LogP contribution in [0.5, 0.6) is 0 Å². The van der Waals surface area contributed by atoms with Crippen LogP contribution in [0.3, 0.4) is 0 Å². The molecule has 0 spiro atoms. The molecule has 2 heterocycles. The van der Waals surface area contributed by atoms with Gasteiger partial charge in [-0.05, 0) is 30.7 Å². The number of halogens is 2. The first-order chi connectivity index (χ1) is 8.97. The second-order valence-corrected chi connectivity index (χ2v) is 7.62. The SMILES string of the molecule is O=S(=O)(NCCc1ccc(Cl)s1)c1ccnc(Cl)c1. The van der Waals surface area contributed by atoms with Crippen molar-refractivity contribution in [1.29, 1.82) is 0 Å². The van der Waals surface area contributed by atoms with Gasteiger partial charge < -0.3 is 0 Å². The Morgan fingerprint density at radius 3 is 2.68 bits per heavy atom. The molecule has 0 fully saturated rings. The topological polar surface area (TPSA) is 59.1 Å². The summed E-state index contributed by atoms with van der Waals surface area (Å²) in [6.07, 6.45) is 1.95. The molecule has 0 atom stereocenters. The predicted molar refractivity (Wildman–Crippen MR) is 77.5 cm³/mol. The number of hydrogen-bond donors (Lipinski definition) is 1. The highest BCUT2D eigenvalue weighted by molar-refractivity contribution is 7.89. The van der Waals surface area contributed by atoms with Crippen molar-refractivity contribution in [3.05, 3.63) is 44.8 Å². The molecule has 0 saturated carbocycles. The molecule has 2 aromatic rings. The average Bonchev–Trinajstić information content (AvgIpc) is 2.75. The van der Waals surface area contributed by atoms with Gasteiger partial charge in [-0.2, -0.15) is 0 Å². The van der Waals surface area contributed by atoms with E-state index in [0.29, 0.717) is 17.3 Å². The van der Waals surface area contributed by atoms with Crippen LogP contribution < -0.4 is 4.72 Å². The van der Waals surface area contributed by atoms with Gasteiger partial charge in [-0.3, -0.25) is 0 Å². The van der Waals surface area contributed by atoms with E-state index in [4.69, 9.17) is 23.2 Å². The second-order valence-electron chi connectivity index (χ2n) is 3.67. The summed E-state index contributed by atoms with van der Waals surface area (Å²) in [6, 6.07) is 6.38. The number of aromatic nitrogens is 1. The smallest absolute Gasteiger partial charge is 0.240 e. The van der Waals surface area contributed by atoms with E-state index >= 15 is 0 Å². The van der Waals surface area contributed by atoms with Crippen LogP contribution in [0.25, 0.3) is 0 Å². The maximum atomic E-state index is 12.0. The Morgan fingerprint density at radius 2 is 2.05 bits per heavy atom. The van der Waals surface area contributed by atoms with Crippen LogP contribution in [0.15, 0.2) is 35.4 Å². The molecule has 4 nitrogen and oxygen atoms in total. The molecule has 0 amide bonds. The highest BCUT2D eigenvalue weighted by Crippen LogP contribution is 2.21. The summed E-state index contributed by atoms with van der Waals surface area (Å²) in [5.41, 5.74) is 0. The Kier molecular flexibility index (Phi) is 4.81. The second kappa shape index (κ2) is 6.19. The van der Waals surface area contributed by atoms with Crippen LogP contribution >= 0.6 is 34.5 Å². The van der Waals surface area contributed by atoms with Crippen molar-refractivity contribution in [2.75, 3.05) is 6.54 Å². The molecular weight excluding hydrogens is 327 g/mol. The normalized spacial score (nSPS) is 11.7. The highest BCUT2D eigenvalue weighted by Gasteiger charge is 2.14. The Labute approximate surface area is 125 Å². The van der Waals surface area contributed by atoms with Crippen molar-refractivity contribution in [2.45, 2.75) is 11.3 Å². The van der Waals surface area contributed by atoms with E-state index in [0.717, 1.165) is 4.88 Å². The van der Waals surface area contributed by atoms with Gasteiger partial charge in [0.1, 0.15) is 5.15 Å². The minimum atomic E-state index is -3.55. The molecule has 0 aliphatic heterocycles. The van der Waals surface area contributed by atoms with Crippen molar-refractivity contribution >= 4 is 44.6 Å². The Morgan fingerprint density at radius 1 is 1.26 bits per heavy atom. The molecule has 8 heteroatoms. The van der Waals surface area contributed by atoms with Crippen molar-refractivity contribution < 1.29 is 8.42 Å². The summed E-state index contributed by atoms with van der Waals surface area (Å²) < 4.78 is 27.1. The molecule has 19 heavy (non-hydrogen) atoms. The van der Waals surface area contributed by atoms with E-state index in [9.17, 15) is 8.42 Å². The van der Waals surface area contributed by atoms with Gasteiger partial charge in [0.2, 0.25) is 10.0 Å². The molecule has 0 bridgehead atoms. The van der Waals surface area contributed by atoms with Crippen molar-refractivity contribution in [2.24, 2.45) is 0 Å².